The Balaban J connectivity index is 2.70. The third kappa shape index (κ3) is 0.739. The van der Waals surface area contributed by atoms with Gasteiger partial charge in [-0.1, -0.05) is 6.08 Å². The average Bonchev–Trinajstić information content (AvgIpc) is 2.35. The fourth-order valence-corrected chi connectivity index (χ4v) is 1.01. The smallest absolute Gasteiger partial charge is 0.286 e. The van der Waals surface area contributed by atoms with Crippen LogP contribution in [0.15, 0.2) is 16.9 Å². The van der Waals surface area contributed by atoms with Crippen LogP contribution in [0.5, 0.6) is 0 Å². The number of rotatable bonds is 0. The summed E-state index contributed by atoms with van der Waals surface area (Å²) in [4.78, 5) is 21.8. The number of carbonyl (C=O) groups is 1. The van der Waals surface area contributed by atoms with E-state index in [1.54, 1.807) is 6.08 Å². The quantitative estimate of drug-likeness (QED) is 0.534. The maximum atomic E-state index is 11.0. The summed E-state index contributed by atoms with van der Waals surface area (Å²) < 4.78 is 1.29. The Kier molecular flexibility index (Phi) is 1.06. The van der Waals surface area contributed by atoms with Gasteiger partial charge in [-0.2, -0.15) is 0 Å². The van der Waals surface area contributed by atoms with E-state index < -0.39 is 0 Å². The number of hydrogen-bond acceptors (Lipinski definition) is 3. The highest BCUT2D eigenvalue weighted by atomic mass is 16.2. The molecule has 1 N–H and O–H groups in total. The Morgan fingerprint density at radius 3 is 3.09 bits per heavy atom. The number of ketones is 1. The topological polar surface area (TPSA) is 67.8 Å². The molecule has 5 heteroatoms. The molecule has 1 aliphatic heterocycles. The molecule has 0 saturated carbocycles. The Hall–Kier alpha value is -1.65. The maximum Gasteiger partial charge on any atom is 0.343 e. The van der Waals surface area contributed by atoms with E-state index in [-0.39, 0.29) is 17.3 Å². The van der Waals surface area contributed by atoms with Crippen LogP contribution in [-0.2, 0) is 6.54 Å². The lowest BCUT2D eigenvalue weighted by Crippen LogP contribution is -2.22. The Morgan fingerprint density at radius 1 is 1.55 bits per heavy atom. The van der Waals surface area contributed by atoms with Gasteiger partial charge in [-0.15, -0.1) is 5.10 Å². The molecule has 0 spiro atoms. The number of nitrogens with one attached hydrogen (secondary N) is 1. The average molecular weight is 151 g/mol. The van der Waals surface area contributed by atoms with Crippen molar-refractivity contribution in [3.05, 3.63) is 28.5 Å². The Bertz CT molecular complexity index is 385. The van der Waals surface area contributed by atoms with Crippen molar-refractivity contribution in [1.29, 1.82) is 0 Å². The van der Waals surface area contributed by atoms with Gasteiger partial charge in [0, 0.05) is 6.54 Å². The summed E-state index contributed by atoms with van der Waals surface area (Å²) in [5.41, 5.74) is -0.335. The molecule has 0 amide bonds. The monoisotopic (exact) mass is 151 g/mol. The van der Waals surface area contributed by atoms with E-state index in [4.69, 9.17) is 0 Å². The Labute approximate surface area is 61.3 Å². The van der Waals surface area contributed by atoms with Crippen molar-refractivity contribution in [3.8, 4) is 0 Å². The third-order valence-corrected chi connectivity index (χ3v) is 1.54. The lowest BCUT2D eigenvalue weighted by Gasteiger charge is -2.02. The first-order chi connectivity index (χ1) is 5.29. The second kappa shape index (κ2) is 1.91. The molecule has 0 aliphatic carbocycles. The fraction of sp³-hybridized carbons (Fsp3) is 0.167. The summed E-state index contributed by atoms with van der Waals surface area (Å²) in [6.07, 6.45) is 3.04. The van der Waals surface area contributed by atoms with Crippen LogP contribution in [0.3, 0.4) is 0 Å². The molecule has 56 valence electrons. The van der Waals surface area contributed by atoms with Gasteiger partial charge in [0.2, 0.25) is 11.6 Å². The van der Waals surface area contributed by atoms with E-state index >= 15 is 0 Å². The number of carbonyl (C=O) groups excluding carboxylic acids is 1. The molecule has 1 aromatic rings. The third-order valence-electron chi connectivity index (χ3n) is 1.54. The highest BCUT2D eigenvalue weighted by molar-refractivity contribution is 6.02. The molecule has 0 aromatic carbocycles. The van der Waals surface area contributed by atoms with E-state index in [9.17, 15) is 9.59 Å². The molecule has 0 fully saturated rings. The first-order valence-corrected chi connectivity index (χ1v) is 3.15. The molecule has 0 atom stereocenters. The zero-order chi connectivity index (χ0) is 7.84. The van der Waals surface area contributed by atoms with E-state index in [2.05, 4.69) is 10.2 Å². The summed E-state index contributed by atoms with van der Waals surface area (Å²) in [6, 6.07) is 0. The number of aromatic amines is 1. The van der Waals surface area contributed by atoms with Gasteiger partial charge in [0.15, 0.2) is 0 Å². The van der Waals surface area contributed by atoms with E-state index in [0.717, 1.165) is 0 Å². The van der Waals surface area contributed by atoms with E-state index in [1.165, 1.54) is 10.6 Å². The molecule has 0 radical (unpaired) electrons. The van der Waals surface area contributed by atoms with Gasteiger partial charge >= 0.3 is 5.69 Å². The summed E-state index contributed by atoms with van der Waals surface area (Å²) in [6.45, 7) is 0.427. The van der Waals surface area contributed by atoms with Crippen LogP contribution in [0.1, 0.15) is 10.6 Å². The first kappa shape index (κ1) is 6.09. The first-order valence-electron chi connectivity index (χ1n) is 3.15. The van der Waals surface area contributed by atoms with Gasteiger partial charge in [0.05, 0.1) is 0 Å². The minimum absolute atomic E-state index is 0.192. The van der Waals surface area contributed by atoms with Crippen molar-refractivity contribution in [2.75, 3.05) is 0 Å². The Morgan fingerprint density at radius 2 is 2.36 bits per heavy atom. The van der Waals surface area contributed by atoms with Crippen LogP contribution >= 0.6 is 0 Å². The number of H-pyrrole nitrogens is 1. The molecular formula is C6H5N3O2. The number of allylic oxidation sites excluding steroid dienone is 2. The van der Waals surface area contributed by atoms with Gasteiger partial charge in [0.1, 0.15) is 0 Å². The van der Waals surface area contributed by atoms with Crippen LogP contribution in [0.2, 0.25) is 0 Å². The zero-order valence-corrected chi connectivity index (χ0v) is 5.57. The fourth-order valence-electron chi connectivity index (χ4n) is 1.01. The molecule has 0 saturated heterocycles. The van der Waals surface area contributed by atoms with E-state index in [1.807, 2.05) is 0 Å². The minimum Gasteiger partial charge on any atom is -0.286 e. The molecule has 0 unspecified atom stereocenters. The molecular weight excluding hydrogens is 146 g/mol. The van der Waals surface area contributed by atoms with Gasteiger partial charge in [-0.25, -0.2) is 9.89 Å². The van der Waals surface area contributed by atoms with Gasteiger partial charge in [-0.3, -0.25) is 9.36 Å². The van der Waals surface area contributed by atoms with E-state index in [0.29, 0.717) is 6.54 Å². The molecule has 11 heavy (non-hydrogen) atoms. The number of nitrogens with zero attached hydrogens (tertiary/aromatic N) is 2. The summed E-state index contributed by atoms with van der Waals surface area (Å²) in [7, 11) is 0. The van der Waals surface area contributed by atoms with Crippen LogP contribution in [0, 0.1) is 0 Å². The van der Waals surface area contributed by atoms with Crippen LogP contribution in [0.4, 0.5) is 0 Å². The van der Waals surface area contributed by atoms with Crippen molar-refractivity contribution in [2.45, 2.75) is 6.54 Å². The largest absolute Gasteiger partial charge is 0.343 e. The minimum atomic E-state index is -0.335. The summed E-state index contributed by atoms with van der Waals surface area (Å²) in [5.74, 6) is -0.0351. The lowest BCUT2D eigenvalue weighted by molar-refractivity contribution is 0.102. The van der Waals surface area contributed by atoms with Gasteiger partial charge in [0.25, 0.3) is 0 Å². The molecule has 0 bridgehead atoms. The normalized spacial score (nSPS) is 15.1. The predicted octanol–water partition coefficient (Wildman–Crippen LogP) is -0.676. The van der Waals surface area contributed by atoms with Crippen molar-refractivity contribution < 1.29 is 4.79 Å². The second-order valence-corrected chi connectivity index (χ2v) is 2.23. The molecule has 2 rings (SSSR count). The van der Waals surface area contributed by atoms with Crippen molar-refractivity contribution in [2.24, 2.45) is 0 Å². The SMILES string of the molecule is O=C1C=CCn2c1n[nH]c2=O. The summed E-state index contributed by atoms with van der Waals surface area (Å²) in [5, 5.41) is 5.77. The molecule has 2 heterocycles. The number of aromatic nitrogens is 3. The highest BCUT2D eigenvalue weighted by Crippen LogP contribution is 2.00. The standard InChI is InChI=1S/C6H5N3O2/c10-4-2-1-3-9-5(4)7-8-6(9)11/h1-2H,3H2,(H,8,11). The van der Waals surface area contributed by atoms with Crippen molar-refractivity contribution >= 4 is 5.78 Å². The van der Waals surface area contributed by atoms with Gasteiger partial charge < -0.3 is 0 Å². The van der Waals surface area contributed by atoms with Crippen LogP contribution in [0.25, 0.3) is 0 Å². The zero-order valence-electron chi connectivity index (χ0n) is 5.57. The van der Waals surface area contributed by atoms with Crippen molar-refractivity contribution in [3.63, 3.8) is 0 Å². The highest BCUT2D eigenvalue weighted by Gasteiger charge is 2.15. The lowest BCUT2D eigenvalue weighted by atomic mass is 10.3. The van der Waals surface area contributed by atoms with Crippen LogP contribution < -0.4 is 5.69 Å². The summed E-state index contributed by atoms with van der Waals surface area (Å²) >= 11 is 0. The van der Waals surface area contributed by atoms with Crippen LogP contribution in [-0.4, -0.2) is 20.5 Å². The number of fused-ring (bicyclic) bond motifs is 1. The van der Waals surface area contributed by atoms with Gasteiger partial charge in [-0.05, 0) is 6.08 Å². The predicted molar refractivity (Wildman–Crippen MR) is 36.3 cm³/mol. The van der Waals surface area contributed by atoms with Crippen molar-refractivity contribution in [1.82, 2.24) is 14.8 Å². The molecule has 1 aromatic heterocycles. The molecule has 1 aliphatic rings. The maximum absolute atomic E-state index is 11.0. The second-order valence-electron chi connectivity index (χ2n) is 2.23. The molecule has 5 nitrogen and oxygen atoms in total. The number of hydrogen-bond donors (Lipinski definition) is 1.